The molecule has 0 saturated carbocycles. The lowest BCUT2D eigenvalue weighted by Gasteiger charge is -2.36. The fraction of sp³-hybridized carbons (Fsp3) is 0.857. The molecule has 1 atom stereocenters. The van der Waals surface area contributed by atoms with Crippen LogP contribution in [0.25, 0.3) is 0 Å². The van der Waals surface area contributed by atoms with Crippen molar-refractivity contribution >= 4 is 12.1 Å². The van der Waals surface area contributed by atoms with Crippen molar-refractivity contribution in [3.63, 3.8) is 0 Å². The van der Waals surface area contributed by atoms with E-state index in [0.29, 0.717) is 25.8 Å². The first kappa shape index (κ1) is 16.8. The molecule has 0 aliphatic carbocycles. The van der Waals surface area contributed by atoms with Gasteiger partial charge >= 0.3 is 12.1 Å². The van der Waals surface area contributed by atoms with E-state index in [1.807, 2.05) is 0 Å². The van der Waals surface area contributed by atoms with E-state index in [1.165, 1.54) is 12.0 Å². The van der Waals surface area contributed by atoms with Gasteiger partial charge in [-0.1, -0.05) is 0 Å². The Labute approximate surface area is 120 Å². The van der Waals surface area contributed by atoms with E-state index >= 15 is 0 Å². The van der Waals surface area contributed by atoms with Crippen molar-refractivity contribution in [2.45, 2.75) is 57.6 Å². The molecule has 1 aliphatic rings. The van der Waals surface area contributed by atoms with Crippen LogP contribution in [0.2, 0.25) is 0 Å². The number of hydrogen-bond acceptors (Lipinski definition) is 5. The minimum Gasteiger partial charge on any atom is -0.467 e. The van der Waals surface area contributed by atoms with E-state index in [1.54, 1.807) is 20.8 Å². The number of amides is 1. The number of nitrogens with zero attached hydrogens (tertiary/aromatic N) is 1. The zero-order chi connectivity index (χ0) is 15.4. The van der Waals surface area contributed by atoms with Crippen LogP contribution < -0.4 is 0 Å². The highest BCUT2D eigenvalue weighted by Gasteiger charge is 2.51. The van der Waals surface area contributed by atoms with E-state index in [9.17, 15) is 9.59 Å². The number of likely N-dealkylation sites (tertiary alicyclic amines) is 1. The summed E-state index contributed by atoms with van der Waals surface area (Å²) >= 11 is 0. The number of rotatable bonds is 4. The molecule has 116 valence electrons. The summed E-state index contributed by atoms with van der Waals surface area (Å²) in [5.74, 6) is -0.436. The van der Waals surface area contributed by atoms with Gasteiger partial charge in [-0.3, -0.25) is 4.90 Å². The quantitative estimate of drug-likeness (QED) is 0.796. The zero-order valence-electron chi connectivity index (χ0n) is 12.8. The normalized spacial score (nSPS) is 22.8. The third kappa shape index (κ3) is 3.62. The number of carbonyl (C=O) groups excluding carboxylic acids is 2. The Bertz CT molecular complexity index is 363. The van der Waals surface area contributed by atoms with Gasteiger partial charge in [0.1, 0.15) is 11.1 Å². The third-order valence-electron chi connectivity index (χ3n) is 3.42. The summed E-state index contributed by atoms with van der Waals surface area (Å²) in [7, 11) is 1.31. The molecule has 1 amide bonds. The first-order valence-electron chi connectivity index (χ1n) is 6.97. The van der Waals surface area contributed by atoms with Crippen LogP contribution in [-0.4, -0.2) is 53.5 Å². The molecule has 0 aromatic heterocycles. The Balaban J connectivity index is 2.96. The van der Waals surface area contributed by atoms with Crippen LogP contribution in [0, 0.1) is 0 Å². The van der Waals surface area contributed by atoms with E-state index in [-0.39, 0.29) is 6.61 Å². The van der Waals surface area contributed by atoms with E-state index in [0.717, 1.165) is 6.42 Å². The van der Waals surface area contributed by atoms with Gasteiger partial charge in [0.15, 0.2) is 0 Å². The molecule has 1 saturated heterocycles. The zero-order valence-corrected chi connectivity index (χ0v) is 12.8. The van der Waals surface area contributed by atoms with Gasteiger partial charge in [0.05, 0.1) is 7.11 Å². The maximum absolute atomic E-state index is 12.3. The molecule has 0 aromatic rings. The second-order valence-corrected chi connectivity index (χ2v) is 6.09. The number of aliphatic hydroxyl groups excluding tert-OH is 1. The maximum atomic E-state index is 12.3. The minimum atomic E-state index is -1.00. The van der Waals surface area contributed by atoms with Gasteiger partial charge in [-0.05, 0) is 46.5 Å². The Morgan fingerprint density at radius 1 is 1.35 bits per heavy atom. The highest BCUT2D eigenvalue weighted by atomic mass is 16.6. The number of ether oxygens (including phenoxy) is 2. The standard InChI is InChI=1S/C14H25NO5/c1-13(2,3)20-12(18)15-9-5-7-14(15,8-6-10-16)11(17)19-4/h16H,5-10H2,1-4H3/t14-/m1/s1. The number of methoxy groups -OCH3 is 1. The Hall–Kier alpha value is -1.30. The molecular weight excluding hydrogens is 262 g/mol. The lowest BCUT2D eigenvalue weighted by Crippen LogP contribution is -2.54. The van der Waals surface area contributed by atoms with Crippen molar-refractivity contribution in [3.8, 4) is 0 Å². The van der Waals surface area contributed by atoms with Crippen LogP contribution in [0.3, 0.4) is 0 Å². The van der Waals surface area contributed by atoms with E-state index < -0.39 is 23.2 Å². The van der Waals surface area contributed by atoms with Gasteiger partial charge in [-0.15, -0.1) is 0 Å². The molecule has 0 spiro atoms. The largest absolute Gasteiger partial charge is 0.467 e. The molecule has 6 nitrogen and oxygen atoms in total. The highest BCUT2D eigenvalue weighted by molar-refractivity contribution is 5.86. The summed E-state index contributed by atoms with van der Waals surface area (Å²) in [5.41, 5.74) is -1.61. The third-order valence-corrected chi connectivity index (χ3v) is 3.42. The van der Waals surface area contributed by atoms with Gasteiger partial charge < -0.3 is 14.6 Å². The maximum Gasteiger partial charge on any atom is 0.411 e. The van der Waals surface area contributed by atoms with Gasteiger partial charge in [0.2, 0.25) is 0 Å². The van der Waals surface area contributed by atoms with Crippen molar-refractivity contribution < 1.29 is 24.2 Å². The smallest absolute Gasteiger partial charge is 0.411 e. The second-order valence-electron chi connectivity index (χ2n) is 6.09. The molecule has 1 aliphatic heterocycles. The number of hydrogen-bond donors (Lipinski definition) is 1. The first-order valence-corrected chi connectivity index (χ1v) is 6.97. The molecule has 1 N–H and O–H groups in total. The number of aliphatic hydroxyl groups is 1. The van der Waals surface area contributed by atoms with Crippen LogP contribution in [0.15, 0.2) is 0 Å². The van der Waals surface area contributed by atoms with Crippen molar-refractivity contribution in [2.24, 2.45) is 0 Å². The lowest BCUT2D eigenvalue weighted by molar-refractivity contribution is -0.153. The minimum absolute atomic E-state index is 0.0269. The molecular formula is C14H25NO5. The van der Waals surface area contributed by atoms with Gasteiger partial charge in [-0.25, -0.2) is 9.59 Å². The molecule has 6 heteroatoms. The van der Waals surface area contributed by atoms with Crippen LogP contribution >= 0.6 is 0 Å². The topological polar surface area (TPSA) is 76.1 Å². The average Bonchev–Trinajstić information content (AvgIpc) is 2.78. The molecule has 0 bridgehead atoms. The van der Waals surface area contributed by atoms with Crippen LogP contribution in [0.1, 0.15) is 46.5 Å². The van der Waals surface area contributed by atoms with Gasteiger partial charge in [0.25, 0.3) is 0 Å². The second kappa shape index (κ2) is 6.43. The van der Waals surface area contributed by atoms with Crippen LogP contribution in [0.5, 0.6) is 0 Å². The average molecular weight is 287 g/mol. The molecule has 0 aromatic carbocycles. The van der Waals surface area contributed by atoms with Crippen LogP contribution in [0.4, 0.5) is 4.79 Å². The molecule has 1 fully saturated rings. The fourth-order valence-corrected chi connectivity index (χ4v) is 2.60. The first-order chi connectivity index (χ1) is 9.27. The summed E-state index contributed by atoms with van der Waals surface area (Å²) in [4.78, 5) is 25.9. The predicted octanol–water partition coefficient (Wildman–Crippen LogP) is 1.70. The summed E-state index contributed by atoms with van der Waals surface area (Å²) in [6, 6.07) is 0. The molecule has 1 rings (SSSR count). The summed E-state index contributed by atoms with van der Waals surface area (Å²) in [6.45, 7) is 5.80. The fourth-order valence-electron chi connectivity index (χ4n) is 2.60. The van der Waals surface area contributed by atoms with Crippen molar-refractivity contribution in [3.05, 3.63) is 0 Å². The summed E-state index contributed by atoms with van der Waals surface area (Å²) in [5, 5.41) is 9.02. The van der Waals surface area contributed by atoms with Crippen molar-refractivity contribution in [1.82, 2.24) is 4.90 Å². The lowest BCUT2D eigenvalue weighted by atomic mass is 9.90. The van der Waals surface area contributed by atoms with Crippen LogP contribution in [-0.2, 0) is 14.3 Å². The summed E-state index contributed by atoms with van der Waals surface area (Å²) < 4.78 is 10.2. The molecule has 1 heterocycles. The molecule has 0 unspecified atom stereocenters. The Morgan fingerprint density at radius 3 is 2.50 bits per heavy atom. The SMILES string of the molecule is COC(=O)[C@]1(CCCO)CCCN1C(=O)OC(C)(C)C. The summed E-state index contributed by atoms with van der Waals surface area (Å²) in [6.07, 6.45) is 1.58. The van der Waals surface area contributed by atoms with Gasteiger partial charge in [-0.2, -0.15) is 0 Å². The Morgan fingerprint density at radius 2 is 2.00 bits per heavy atom. The molecule has 0 radical (unpaired) electrons. The predicted molar refractivity (Wildman–Crippen MR) is 73.2 cm³/mol. The highest BCUT2D eigenvalue weighted by Crippen LogP contribution is 2.36. The van der Waals surface area contributed by atoms with E-state index in [2.05, 4.69) is 0 Å². The van der Waals surface area contributed by atoms with Crippen molar-refractivity contribution in [1.29, 1.82) is 0 Å². The number of carbonyl (C=O) groups is 2. The van der Waals surface area contributed by atoms with Gasteiger partial charge in [0, 0.05) is 13.2 Å². The molecule has 20 heavy (non-hydrogen) atoms. The Kier molecular flexibility index (Phi) is 5.39. The number of esters is 1. The van der Waals surface area contributed by atoms with E-state index in [4.69, 9.17) is 14.6 Å². The monoisotopic (exact) mass is 287 g/mol. The van der Waals surface area contributed by atoms with Crippen molar-refractivity contribution in [2.75, 3.05) is 20.3 Å².